The number of amides is 1. The Morgan fingerprint density at radius 3 is 2.91 bits per heavy atom. The number of aryl methyl sites for hydroxylation is 1. The fourth-order valence-corrected chi connectivity index (χ4v) is 5.99. The summed E-state index contributed by atoms with van der Waals surface area (Å²) < 4.78 is 35.2. The van der Waals surface area contributed by atoms with Gasteiger partial charge >= 0.3 is 0 Å². The third-order valence-corrected chi connectivity index (χ3v) is 8.84. The summed E-state index contributed by atoms with van der Waals surface area (Å²) in [6.07, 6.45) is 2.22. The number of rotatable bonds is 6. The molecule has 0 fully saturated rings. The van der Waals surface area contributed by atoms with E-state index in [1.165, 1.54) is 22.7 Å². The van der Waals surface area contributed by atoms with Crippen molar-refractivity contribution in [3.05, 3.63) is 29.4 Å². The highest BCUT2D eigenvalue weighted by Gasteiger charge is 2.31. The molecule has 0 saturated heterocycles. The molecule has 178 valence electrons. The summed E-state index contributed by atoms with van der Waals surface area (Å²) in [6.45, 7) is 4.79. The molecule has 0 aliphatic carbocycles. The van der Waals surface area contributed by atoms with E-state index in [9.17, 15) is 18.3 Å². The normalized spacial score (nSPS) is 22.3. The molecule has 3 rings (SSSR count). The van der Waals surface area contributed by atoms with Crippen molar-refractivity contribution in [1.82, 2.24) is 24.2 Å². The van der Waals surface area contributed by atoms with Crippen molar-refractivity contribution >= 4 is 27.3 Å². The number of hydrogen-bond donors (Lipinski definition) is 1. The number of carbonyl (C=O) groups excluding carboxylic acids is 1. The fourth-order valence-electron chi connectivity index (χ4n) is 3.61. The summed E-state index contributed by atoms with van der Waals surface area (Å²) in [4.78, 5) is 14.6. The van der Waals surface area contributed by atoms with E-state index in [0.717, 1.165) is 0 Å². The van der Waals surface area contributed by atoms with Crippen molar-refractivity contribution in [2.75, 3.05) is 26.7 Å². The summed E-state index contributed by atoms with van der Waals surface area (Å²) in [5, 5.41) is 19.6. The number of fused-ring (bicyclic) bond motifs is 2. The van der Waals surface area contributed by atoms with Crippen molar-refractivity contribution in [3.63, 3.8) is 0 Å². The van der Waals surface area contributed by atoms with Gasteiger partial charge in [-0.1, -0.05) is 18.2 Å². The van der Waals surface area contributed by atoms with E-state index in [4.69, 9.17) is 4.74 Å². The van der Waals surface area contributed by atoms with E-state index < -0.39 is 16.1 Å². The molecule has 32 heavy (non-hydrogen) atoms. The molecule has 1 aliphatic rings. The Bertz CT molecular complexity index is 978. The molecule has 0 spiro atoms. The molecule has 10 nitrogen and oxygen atoms in total. The van der Waals surface area contributed by atoms with Crippen LogP contribution in [0, 0.1) is 5.92 Å². The fraction of sp³-hybridized carbons (Fsp3) is 0.650. The van der Waals surface area contributed by atoms with Gasteiger partial charge in [0.2, 0.25) is 5.91 Å². The van der Waals surface area contributed by atoms with Crippen molar-refractivity contribution in [1.29, 1.82) is 0 Å². The van der Waals surface area contributed by atoms with Crippen LogP contribution in [0.1, 0.15) is 32.4 Å². The highest BCUT2D eigenvalue weighted by molar-refractivity contribution is 7.91. The molecule has 3 atom stereocenters. The number of sulfonamides is 1. The molecule has 1 aliphatic heterocycles. The first-order valence-corrected chi connectivity index (χ1v) is 12.9. The lowest BCUT2D eigenvalue weighted by atomic mass is 10.0. The molecule has 1 N–H and O–H groups in total. The van der Waals surface area contributed by atoms with Gasteiger partial charge in [0, 0.05) is 39.0 Å². The Labute approximate surface area is 192 Å². The van der Waals surface area contributed by atoms with E-state index in [1.807, 2.05) is 6.92 Å². The van der Waals surface area contributed by atoms with Crippen molar-refractivity contribution in [2.45, 2.75) is 56.2 Å². The summed E-state index contributed by atoms with van der Waals surface area (Å²) >= 11 is 1.17. The molecule has 1 amide bonds. The largest absolute Gasteiger partial charge is 0.394 e. The van der Waals surface area contributed by atoms with E-state index in [-0.39, 0.29) is 41.8 Å². The molecule has 0 radical (unpaired) electrons. The van der Waals surface area contributed by atoms with Crippen molar-refractivity contribution in [3.8, 4) is 0 Å². The van der Waals surface area contributed by atoms with Gasteiger partial charge < -0.3 is 14.7 Å². The molecule has 2 bridgehead atoms. The van der Waals surface area contributed by atoms with Crippen LogP contribution in [0.2, 0.25) is 0 Å². The van der Waals surface area contributed by atoms with Crippen molar-refractivity contribution < 1.29 is 23.1 Å². The lowest BCUT2D eigenvalue weighted by Gasteiger charge is -2.35. The van der Waals surface area contributed by atoms with Crippen LogP contribution in [0.15, 0.2) is 27.9 Å². The number of carbonyl (C=O) groups is 1. The monoisotopic (exact) mass is 485 g/mol. The first-order valence-electron chi connectivity index (χ1n) is 10.6. The van der Waals surface area contributed by atoms with Crippen LogP contribution >= 0.6 is 11.3 Å². The second-order valence-corrected chi connectivity index (χ2v) is 11.4. The van der Waals surface area contributed by atoms with E-state index in [1.54, 1.807) is 40.2 Å². The molecule has 0 saturated carbocycles. The molecule has 0 aromatic carbocycles. The minimum Gasteiger partial charge on any atom is -0.394 e. The van der Waals surface area contributed by atoms with Gasteiger partial charge in [-0.25, -0.2) is 8.42 Å². The predicted molar refractivity (Wildman–Crippen MR) is 119 cm³/mol. The average Bonchev–Trinajstić information content (AvgIpc) is 3.46. The number of likely N-dealkylation sites (N-methyl/N-ethyl adjacent to an activating group) is 1. The van der Waals surface area contributed by atoms with Crippen LogP contribution in [0.25, 0.3) is 0 Å². The number of ether oxygens (including phenoxy) is 1. The van der Waals surface area contributed by atoms with Gasteiger partial charge in [-0.3, -0.25) is 9.48 Å². The smallest absolute Gasteiger partial charge is 0.252 e. The van der Waals surface area contributed by atoms with E-state index in [0.29, 0.717) is 31.6 Å². The van der Waals surface area contributed by atoms with Gasteiger partial charge in [0.1, 0.15) is 9.90 Å². The van der Waals surface area contributed by atoms with Crippen LogP contribution in [-0.4, -0.2) is 82.5 Å². The highest BCUT2D eigenvalue weighted by Crippen LogP contribution is 2.23. The zero-order valence-corrected chi connectivity index (χ0v) is 20.3. The SMILES string of the molecule is C[C@@H]1CN([C@H](C)CO)C(=O)CCCn2cc(nn2)CO[C@H]1CN(C)S(=O)(=O)c1cccs1. The molecule has 2 aromatic heterocycles. The number of aliphatic hydroxyl groups excluding tert-OH is 1. The highest BCUT2D eigenvalue weighted by atomic mass is 32.2. The number of aliphatic hydroxyl groups is 1. The second kappa shape index (κ2) is 10.8. The Balaban J connectivity index is 1.84. The summed E-state index contributed by atoms with van der Waals surface area (Å²) in [5.74, 6) is -0.249. The third kappa shape index (κ3) is 5.93. The average molecular weight is 486 g/mol. The summed E-state index contributed by atoms with van der Waals surface area (Å²) in [7, 11) is -2.11. The number of hydrogen-bond acceptors (Lipinski definition) is 8. The minimum absolute atomic E-state index is 0.0590. The molecule has 12 heteroatoms. The molecule has 2 aromatic rings. The summed E-state index contributed by atoms with van der Waals surface area (Å²) in [6, 6.07) is 2.93. The van der Waals surface area contributed by atoms with Gasteiger partial charge in [0.25, 0.3) is 10.0 Å². The Morgan fingerprint density at radius 2 is 2.22 bits per heavy atom. The molecular formula is C20H31N5O5S2. The predicted octanol–water partition coefficient (Wildman–Crippen LogP) is 1.18. The second-order valence-electron chi connectivity index (χ2n) is 8.20. The maximum Gasteiger partial charge on any atom is 0.252 e. The zero-order chi connectivity index (χ0) is 23.3. The zero-order valence-electron chi connectivity index (χ0n) is 18.6. The van der Waals surface area contributed by atoms with Gasteiger partial charge in [-0.2, -0.15) is 4.31 Å². The van der Waals surface area contributed by atoms with Crippen LogP contribution in [0.5, 0.6) is 0 Å². The lowest BCUT2D eigenvalue weighted by molar-refractivity contribution is -0.136. The van der Waals surface area contributed by atoms with Gasteiger partial charge in [-0.15, -0.1) is 16.4 Å². The Hall–Kier alpha value is -1.86. The topological polar surface area (TPSA) is 118 Å². The van der Waals surface area contributed by atoms with Gasteiger partial charge in [0.05, 0.1) is 31.6 Å². The maximum atomic E-state index is 12.9. The molecule has 3 heterocycles. The standard InChI is InChI=1S/C20H31N5O5S2/c1-15-10-25(16(2)13-26)19(27)6-4-8-24-11-17(21-22-24)14-30-18(15)12-23(3)32(28,29)20-7-5-9-31-20/h5,7,9,11,15-16,18,26H,4,6,8,10,12-14H2,1-3H3/t15-,16-,18+/m1/s1. The first kappa shape index (κ1) is 24.8. The van der Waals surface area contributed by atoms with Crippen LogP contribution < -0.4 is 0 Å². The minimum atomic E-state index is -3.64. The van der Waals surface area contributed by atoms with E-state index >= 15 is 0 Å². The molecular weight excluding hydrogens is 454 g/mol. The Morgan fingerprint density at radius 1 is 1.44 bits per heavy atom. The van der Waals surface area contributed by atoms with Crippen LogP contribution in [0.4, 0.5) is 0 Å². The number of aromatic nitrogens is 3. The van der Waals surface area contributed by atoms with Gasteiger partial charge in [0.15, 0.2) is 0 Å². The Kier molecular flexibility index (Phi) is 8.39. The molecule has 0 unspecified atom stereocenters. The first-order chi connectivity index (χ1) is 15.2. The lowest BCUT2D eigenvalue weighted by Crippen LogP contribution is -2.47. The van der Waals surface area contributed by atoms with Crippen molar-refractivity contribution in [2.24, 2.45) is 5.92 Å². The summed E-state index contributed by atoms with van der Waals surface area (Å²) in [5.41, 5.74) is 0.650. The number of nitrogens with zero attached hydrogens (tertiary/aromatic N) is 5. The number of thiophene rings is 1. The van der Waals surface area contributed by atoms with Crippen LogP contribution in [-0.2, 0) is 32.7 Å². The quantitative estimate of drug-likeness (QED) is 0.653. The van der Waals surface area contributed by atoms with Crippen LogP contribution in [0.3, 0.4) is 0 Å². The maximum absolute atomic E-state index is 12.9. The third-order valence-electron chi connectivity index (χ3n) is 5.64. The van der Waals surface area contributed by atoms with E-state index in [2.05, 4.69) is 10.3 Å². The van der Waals surface area contributed by atoms with Gasteiger partial charge in [-0.05, 0) is 24.8 Å².